The molecule has 8 rings (SSSR count). The summed E-state index contributed by atoms with van der Waals surface area (Å²) in [6.07, 6.45) is 17.9. The molecule has 0 N–H and O–H groups in total. The van der Waals surface area contributed by atoms with Gasteiger partial charge in [-0.2, -0.15) is 0 Å². The third-order valence-electron chi connectivity index (χ3n) is 11.2. The minimum absolute atomic E-state index is 0.431. The molecule has 0 aliphatic heterocycles. The molecule has 62 heavy (non-hydrogen) atoms. The second-order valence-electron chi connectivity index (χ2n) is 15.3. The van der Waals surface area contributed by atoms with E-state index in [0.29, 0.717) is 12.4 Å². The van der Waals surface area contributed by atoms with E-state index in [1.807, 2.05) is 18.2 Å². The molecule has 0 fully saturated rings. The number of allylic oxidation sites excluding steroid dienone is 10. The van der Waals surface area contributed by atoms with E-state index in [1.54, 1.807) is 0 Å². The summed E-state index contributed by atoms with van der Waals surface area (Å²) < 4.78 is 0. The summed E-state index contributed by atoms with van der Waals surface area (Å²) in [5.41, 5.74) is 17.9. The van der Waals surface area contributed by atoms with Crippen LogP contribution in [0.15, 0.2) is 253 Å². The van der Waals surface area contributed by atoms with Gasteiger partial charge in [0.05, 0.1) is 6.54 Å². The largest absolute Gasteiger partial charge is 0.262 e. The molecular weight excluding hydrogens is 749 g/mol. The van der Waals surface area contributed by atoms with Crippen molar-refractivity contribution in [2.45, 2.75) is 20.3 Å². The summed E-state index contributed by atoms with van der Waals surface area (Å²) in [5.74, 6) is 0.679. The van der Waals surface area contributed by atoms with Gasteiger partial charge in [0, 0.05) is 11.3 Å². The summed E-state index contributed by atoms with van der Waals surface area (Å²) in [7, 11) is 0. The molecule has 0 amide bonds. The molecule has 0 radical (unpaired) electrons. The van der Waals surface area contributed by atoms with Crippen molar-refractivity contribution < 1.29 is 0 Å². The fourth-order valence-electron chi connectivity index (χ4n) is 8.14. The Morgan fingerprint density at radius 2 is 1.03 bits per heavy atom. The van der Waals surface area contributed by atoms with E-state index in [2.05, 4.69) is 233 Å². The predicted molar refractivity (Wildman–Crippen MR) is 267 cm³/mol. The monoisotopic (exact) mass is 798 g/mol. The predicted octanol–water partition coefficient (Wildman–Crippen LogP) is 15.7. The number of nitrogens with zero attached hydrogens (tertiary/aromatic N) is 2. The van der Waals surface area contributed by atoms with E-state index in [-0.39, 0.29) is 0 Å². The molecule has 300 valence electrons. The van der Waals surface area contributed by atoms with Crippen LogP contribution >= 0.6 is 0 Å². The number of rotatable bonds is 12. The normalized spacial score (nSPS) is 13.4. The van der Waals surface area contributed by atoms with E-state index in [1.165, 1.54) is 33.4 Å². The fourth-order valence-corrected chi connectivity index (χ4v) is 8.14. The van der Waals surface area contributed by atoms with E-state index < -0.39 is 0 Å². The van der Waals surface area contributed by atoms with Crippen LogP contribution in [0.4, 0.5) is 0 Å². The second kappa shape index (κ2) is 20.1. The van der Waals surface area contributed by atoms with Crippen LogP contribution in [0.2, 0.25) is 0 Å². The van der Waals surface area contributed by atoms with Crippen LogP contribution in [0.25, 0.3) is 55.7 Å². The number of hydrogen-bond donors (Lipinski definition) is 0. The lowest BCUT2D eigenvalue weighted by Gasteiger charge is -2.18. The van der Waals surface area contributed by atoms with Crippen molar-refractivity contribution >= 4 is 22.7 Å². The van der Waals surface area contributed by atoms with Gasteiger partial charge in [-0.3, -0.25) is 4.99 Å². The lowest BCUT2D eigenvalue weighted by atomic mass is 9.87. The molecule has 0 atom stereocenters. The zero-order chi connectivity index (χ0) is 42.5. The number of aliphatic imine (C=N–C) groups is 2. The minimum atomic E-state index is 0.431. The third-order valence-corrected chi connectivity index (χ3v) is 11.2. The molecule has 7 aromatic rings. The molecule has 0 heterocycles. The Balaban J connectivity index is 1.27. The maximum Gasteiger partial charge on any atom is 0.155 e. The van der Waals surface area contributed by atoms with Gasteiger partial charge in [0.2, 0.25) is 0 Å². The maximum absolute atomic E-state index is 5.46. The van der Waals surface area contributed by atoms with Gasteiger partial charge in [-0.05, 0) is 98.2 Å². The molecule has 7 aromatic carbocycles. The summed E-state index contributed by atoms with van der Waals surface area (Å²) >= 11 is 0. The van der Waals surface area contributed by atoms with Gasteiger partial charge in [0.25, 0.3) is 0 Å². The van der Waals surface area contributed by atoms with E-state index in [9.17, 15) is 0 Å². The first kappa shape index (κ1) is 41.1. The lowest BCUT2D eigenvalue weighted by molar-refractivity contribution is 1.13. The molecular formula is C60H50N2. The van der Waals surface area contributed by atoms with Gasteiger partial charge < -0.3 is 0 Å². The van der Waals surface area contributed by atoms with Gasteiger partial charge >= 0.3 is 0 Å². The van der Waals surface area contributed by atoms with Crippen molar-refractivity contribution in [1.29, 1.82) is 0 Å². The average Bonchev–Trinajstić information content (AvgIpc) is 3.63. The third kappa shape index (κ3) is 9.36. The summed E-state index contributed by atoms with van der Waals surface area (Å²) in [4.78, 5) is 10.8. The van der Waals surface area contributed by atoms with Gasteiger partial charge in [0.15, 0.2) is 5.84 Å². The highest BCUT2D eigenvalue weighted by Crippen LogP contribution is 2.40. The SMILES string of the molecule is C=C/C=C\C(=C(/C)CN=C(N=C(C)c1ccccc1)c1ccccc1-c1ccccc1-c1ccccc1-c1ccccc1)c1ccccc1-c1ccccc1C1=CCC=CC=C1. The number of benzene rings is 7. The Morgan fingerprint density at radius 1 is 0.532 bits per heavy atom. The van der Waals surface area contributed by atoms with Crippen molar-refractivity contribution in [2.75, 3.05) is 6.54 Å². The molecule has 1 aliphatic rings. The van der Waals surface area contributed by atoms with Gasteiger partial charge in [-0.15, -0.1) is 0 Å². The van der Waals surface area contributed by atoms with Crippen molar-refractivity contribution in [2.24, 2.45) is 9.98 Å². The number of amidine groups is 1. The van der Waals surface area contributed by atoms with Crippen LogP contribution in [-0.4, -0.2) is 18.1 Å². The summed E-state index contributed by atoms with van der Waals surface area (Å²) in [6, 6.07) is 64.3. The first-order valence-electron chi connectivity index (χ1n) is 21.3. The molecule has 0 unspecified atom stereocenters. The Hall–Kier alpha value is -7.68. The van der Waals surface area contributed by atoms with E-state index in [0.717, 1.165) is 62.2 Å². The molecule has 0 spiro atoms. The quantitative estimate of drug-likeness (QED) is 0.0668. The van der Waals surface area contributed by atoms with Crippen molar-refractivity contribution in [1.82, 2.24) is 0 Å². The molecule has 0 aromatic heterocycles. The van der Waals surface area contributed by atoms with Crippen LogP contribution in [0, 0.1) is 0 Å². The maximum atomic E-state index is 5.46. The standard InChI is InChI=1S/C60H50N2/c1-4-5-32-49(52-35-20-21-38-55(52)53-36-18-16-33-50(53)47-28-10-6-7-11-29-47)44(2)43-61-60(62-45(3)46-26-12-8-13-27-46)59-42-25-24-41-58(59)57-40-23-22-39-56(57)54-37-19-17-34-51(54)48-30-14-9-15-31-48/h4-10,12-42H,1,11,43H2,2-3H3/b32-5-,49-44-,61-60?,62-45?. The van der Waals surface area contributed by atoms with Crippen LogP contribution in [0.5, 0.6) is 0 Å². The van der Waals surface area contributed by atoms with Crippen LogP contribution in [0.3, 0.4) is 0 Å². The molecule has 0 bridgehead atoms. The Bertz CT molecular complexity index is 2920. The molecule has 0 saturated carbocycles. The zero-order valence-electron chi connectivity index (χ0n) is 35.5. The summed E-state index contributed by atoms with van der Waals surface area (Å²) in [5, 5.41) is 0. The second-order valence-corrected chi connectivity index (χ2v) is 15.3. The van der Waals surface area contributed by atoms with Crippen molar-refractivity contribution in [3.8, 4) is 44.5 Å². The molecule has 2 heteroatoms. The van der Waals surface area contributed by atoms with Crippen molar-refractivity contribution in [3.05, 3.63) is 265 Å². The molecule has 0 saturated heterocycles. The zero-order valence-corrected chi connectivity index (χ0v) is 35.5. The Kier molecular flexibility index (Phi) is 13.3. The van der Waals surface area contributed by atoms with Gasteiger partial charge in [-0.25, -0.2) is 4.99 Å². The summed E-state index contributed by atoms with van der Waals surface area (Å²) in [6.45, 7) is 8.73. The topological polar surface area (TPSA) is 24.7 Å². The van der Waals surface area contributed by atoms with Crippen LogP contribution in [-0.2, 0) is 0 Å². The highest BCUT2D eigenvalue weighted by Gasteiger charge is 2.19. The average molecular weight is 799 g/mol. The Labute approximate surface area is 367 Å². The molecule has 1 aliphatic carbocycles. The van der Waals surface area contributed by atoms with Crippen LogP contribution < -0.4 is 0 Å². The highest BCUT2D eigenvalue weighted by molar-refractivity contribution is 6.14. The van der Waals surface area contributed by atoms with E-state index >= 15 is 0 Å². The first-order chi connectivity index (χ1) is 30.6. The Morgan fingerprint density at radius 3 is 1.69 bits per heavy atom. The first-order valence-corrected chi connectivity index (χ1v) is 21.3. The van der Waals surface area contributed by atoms with Crippen LogP contribution in [0.1, 0.15) is 42.5 Å². The van der Waals surface area contributed by atoms with Crippen molar-refractivity contribution in [3.63, 3.8) is 0 Å². The minimum Gasteiger partial charge on any atom is -0.262 e. The fraction of sp³-hybridized carbons (Fsp3) is 0.0667. The molecule has 2 nitrogen and oxygen atoms in total. The lowest BCUT2D eigenvalue weighted by Crippen LogP contribution is -2.07. The highest BCUT2D eigenvalue weighted by atomic mass is 14.9. The van der Waals surface area contributed by atoms with E-state index in [4.69, 9.17) is 9.98 Å². The van der Waals surface area contributed by atoms with Gasteiger partial charge in [0.1, 0.15) is 0 Å². The number of hydrogen-bond acceptors (Lipinski definition) is 1. The van der Waals surface area contributed by atoms with Gasteiger partial charge in [-0.1, -0.05) is 237 Å². The smallest absolute Gasteiger partial charge is 0.155 e.